The van der Waals surface area contributed by atoms with Crippen molar-refractivity contribution >= 4 is 11.7 Å². The van der Waals surface area contributed by atoms with Crippen molar-refractivity contribution in [3.63, 3.8) is 0 Å². The third-order valence-electron chi connectivity index (χ3n) is 3.65. The summed E-state index contributed by atoms with van der Waals surface area (Å²) in [5.41, 5.74) is 0.433. The highest BCUT2D eigenvalue weighted by Gasteiger charge is 2.44. The third kappa shape index (κ3) is 2.33. The van der Waals surface area contributed by atoms with Crippen LogP contribution in [-0.2, 0) is 4.79 Å². The minimum Gasteiger partial charge on any atom is -0.291 e. The average Bonchev–Trinajstić information content (AvgIpc) is 2.61. The van der Waals surface area contributed by atoms with Crippen LogP contribution in [0.4, 0.5) is 0 Å². The van der Waals surface area contributed by atoms with Gasteiger partial charge in [0.15, 0.2) is 0 Å². The number of aliphatic imine (C=N–C) groups is 1. The van der Waals surface area contributed by atoms with Crippen molar-refractivity contribution in [1.82, 2.24) is 4.90 Å². The Bertz CT molecular complexity index is 521. The molecule has 3 nitrogen and oxygen atoms in total. The first-order valence-corrected chi connectivity index (χ1v) is 6.55. The van der Waals surface area contributed by atoms with Crippen LogP contribution in [0.5, 0.6) is 0 Å². The summed E-state index contributed by atoms with van der Waals surface area (Å²) >= 11 is 0. The van der Waals surface area contributed by atoms with E-state index in [1.165, 1.54) is 0 Å². The van der Waals surface area contributed by atoms with Crippen molar-refractivity contribution in [2.75, 3.05) is 0 Å². The second kappa shape index (κ2) is 5.00. The van der Waals surface area contributed by atoms with Gasteiger partial charge in [-0.2, -0.15) is 0 Å². The predicted molar refractivity (Wildman–Crippen MR) is 78.0 cm³/mol. The van der Waals surface area contributed by atoms with E-state index in [1.54, 1.807) is 11.0 Å². The summed E-state index contributed by atoms with van der Waals surface area (Å²) in [6.45, 7) is 9.52. The van der Waals surface area contributed by atoms with Crippen LogP contribution in [0.3, 0.4) is 0 Å². The molecule has 0 fully saturated rings. The van der Waals surface area contributed by atoms with Crippen molar-refractivity contribution < 1.29 is 4.79 Å². The first kappa shape index (κ1) is 13.5. The Balaban J connectivity index is 2.30. The highest BCUT2D eigenvalue weighted by Crippen LogP contribution is 2.32. The van der Waals surface area contributed by atoms with Crippen LogP contribution in [0.15, 0.2) is 48.0 Å². The molecule has 0 bridgehead atoms. The van der Waals surface area contributed by atoms with E-state index in [9.17, 15) is 4.79 Å². The van der Waals surface area contributed by atoms with Gasteiger partial charge >= 0.3 is 0 Å². The van der Waals surface area contributed by atoms with Crippen LogP contribution in [0.25, 0.3) is 0 Å². The van der Waals surface area contributed by atoms with E-state index < -0.39 is 5.54 Å². The lowest BCUT2D eigenvalue weighted by molar-refractivity contribution is -0.132. The molecule has 2 unspecified atom stereocenters. The summed E-state index contributed by atoms with van der Waals surface area (Å²) in [5, 5.41) is 0. The summed E-state index contributed by atoms with van der Waals surface area (Å²) in [5.74, 6) is 0.840. The van der Waals surface area contributed by atoms with Crippen LogP contribution < -0.4 is 0 Å². The highest BCUT2D eigenvalue weighted by molar-refractivity contribution is 6.07. The molecule has 0 saturated heterocycles. The fourth-order valence-corrected chi connectivity index (χ4v) is 2.62. The van der Waals surface area contributed by atoms with Gasteiger partial charge in [0.25, 0.3) is 5.91 Å². The van der Waals surface area contributed by atoms with Gasteiger partial charge < -0.3 is 0 Å². The molecule has 1 aliphatic heterocycles. The van der Waals surface area contributed by atoms with Crippen LogP contribution in [-0.4, -0.2) is 22.2 Å². The number of amides is 1. The summed E-state index contributed by atoms with van der Waals surface area (Å²) in [6.07, 6.45) is 2.33. The second-order valence-corrected chi connectivity index (χ2v) is 5.19. The largest absolute Gasteiger partial charge is 0.291 e. The monoisotopic (exact) mass is 256 g/mol. The van der Waals surface area contributed by atoms with Gasteiger partial charge in [-0.3, -0.25) is 14.7 Å². The summed E-state index contributed by atoms with van der Waals surface area (Å²) in [4.78, 5) is 18.9. The molecule has 0 spiro atoms. The van der Waals surface area contributed by atoms with E-state index in [2.05, 4.69) is 11.6 Å². The van der Waals surface area contributed by atoms with Crippen LogP contribution >= 0.6 is 0 Å². The molecule has 1 amide bonds. The number of nitrogens with zero attached hydrogens (tertiary/aromatic N) is 2. The van der Waals surface area contributed by atoms with E-state index in [0.717, 1.165) is 11.4 Å². The van der Waals surface area contributed by atoms with Crippen molar-refractivity contribution in [2.45, 2.75) is 38.8 Å². The molecule has 19 heavy (non-hydrogen) atoms. The molecule has 3 heteroatoms. The topological polar surface area (TPSA) is 32.7 Å². The predicted octanol–water partition coefficient (Wildman–Crippen LogP) is 3.34. The van der Waals surface area contributed by atoms with Crippen molar-refractivity contribution in [2.24, 2.45) is 4.99 Å². The van der Waals surface area contributed by atoms with E-state index in [0.29, 0.717) is 6.42 Å². The molecular formula is C16H20N2O. The van der Waals surface area contributed by atoms with Gasteiger partial charge in [0.2, 0.25) is 0 Å². The Morgan fingerprint density at radius 1 is 1.42 bits per heavy atom. The lowest BCUT2D eigenvalue weighted by atomic mass is 9.97. The van der Waals surface area contributed by atoms with Crippen molar-refractivity contribution in [3.05, 3.63) is 48.6 Å². The zero-order chi connectivity index (χ0) is 14.0. The van der Waals surface area contributed by atoms with Gasteiger partial charge in [-0.25, -0.2) is 0 Å². The van der Waals surface area contributed by atoms with Crippen molar-refractivity contribution in [3.8, 4) is 0 Å². The molecule has 2 rings (SSSR count). The second-order valence-electron chi connectivity index (χ2n) is 5.19. The molecule has 1 aromatic rings. The molecule has 1 heterocycles. The normalized spacial score (nSPS) is 24.3. The van der Waals surface area contributed by atoms with E-state index in [1.807, 2.05) is 51.1 Å². The molecule has 2 atom stereocenters. The lowest BCUT2D eigenvalue weighted by Crippen LogP contribution is -2.41. The zero-order valence-electron chi connectivity index (χ0n) is 11.8. The maximum atomic E-state index is 12.6. The van der Waals surface area contributed by atoms with Gasteiger partial charge in [0.1, 0.15) is 11.4 Å². The number of hydrogen-bond acceptors (Lipinski definition) is 2. The highest BCUT2D eigenvalue weighted by atomic mass is 16.2. The van der Waals surface area contributed by atoms with Gasteiger partial charge in [0.05, 0.1) is 6.04 Å². The summed E-state index contributed by atoms with van der Waals surface area (Å²) < 4.78 is 0. The van der Waals surface area contributed by atoms with Gasteiger partial charge in [0, 0.05) is 0 Å². The molecule has 0 N–H and O–H groups in total. The maximum Gasteiger partial charge on any atom is 0.256 e. The van der Waals surface area contributed by atoms with E-state index in [4.69, 9.17) is 0 Å². The first-order valence-electron chi connectivity index (χ1n) is 6.55. The fraction of sp³-hybridized carbons (Fsp3) is 0.375. The van der Waals surface area contributed by atoms with Crippen LogP contribution in [0.2, 0.25) is 0 Å². The van der Waals surface area contributed by atoms with Gasteiger partial charge in [-0.15, -0.1) is 6.58 Å². The number of rotatable bonds is 4. The molecule has 100 valence electrons. The lowest BCUT2D eigenvalue weighted by Gasteiger charge is -2.27. The molecule has 1 aliphatic rings. The number of carbonyl (C=O) groups is 1. The average molecular weight is 256 g/mol. The molecule has 0 aliphatic carbocycles. The maximum absolute atomic E-state index is 12.6. The summed E-state index contributed by atoms with van der Waals surface area (Å²) in [7, 11) is 0. The Kier molecular flexibility index (Phi) is 3.56. The first-order chi connectivity index (χ1) is 8.99. The minimum absolute atomic E-state index is 0.00379. The number of carbonyl (C=O) groups excluding carboxylic acids is 1. The minimum atomic E-state index is -0.686. The van der Waals surface area contributed by atoms with Crippen molar-refractivity contribution in [1.29, 1.82) is 0 Å². The van der Waals surface area contributed by atoms with Gasteiger partial charge in [-0.05, 0) is 32.8 Å². The zero-order valence-corrected chi connectivity index (χ0v) is 11.8. The molecule has 0 aromatic heterocycles. The van der Waals surface area contributed by atoms with Gasteiger partial charge in [-0.1, -0.05) is 36.4 Å². The van der Waals surface area contributed by atoms with E-state index in [-0.39, 0.29) is 11.9 Å². The standard InChI is InChI=1S/C16H20N2O/c1-5-11-16(4)15(19)18(13(3)17-16)12(2)14-9-7-6-8-10-14/h5-10,12H,1,11H2,2-4H3. The Morgan fingerprint density at radius 3 is 2.63 bits per heavy atom. The third-order valence-corrected chi connectivity index (χ3v) is 3.65. The molecule has 0 saturated carbocycles. The fourth-order valence-electron chi connectivity index (χ4n) is 2.62. The quantitative estimate of drug-likeness (QED) is 0.760. The Hall–Kier alpha value is -1.90. The molecular weight excluding hydrogens is 236 g/mol. The number of hydrogen-bond donors (Lipinski definition) is 0. The number of amidine groups is 1. The Labute approximate surface area is 114 Å². The number of benzene rings is 1. The van der Waals surface area contributed by atoms with E-state index >= 15 is 0 Å². The molecule has 0 radical (unpaired) electrons. The Morgan fingerprint density at radius 2 is 2.05 bits per heavy atom. The summed E-state index contributed by atoms with van der Waals surface area (Å²) in [6, 6.07) is 10.0. The van der Waals surface area contributed by atoms with Crippen LogP contribution in [0.1, 0.15) is 38.8 Å². The van der Waals surface area contributed by atoms with Crippen LogP contribution in [0, 0.1) is 0 Å². The smallest absolute Gasteiger partial charge is 0.256 e. The molecule has 1 aromatic carbocycles. The SMILES string of the molecule is C=CCC1(C)N=C(C)N(C(C)c2ccccc2)C1=O.